The molecule has 0 saturated heterocycles. The van der Waals surface area contributed by atoms with Crippen molar-refractivity contribution in [3.63, 3.8) is 0 Å². The lowest BCUT2D eigenvalue weighted by Gasteiger charge is -2.27. The molecule has 21 heavy (non-hydrogen) atoms. The minimum Gasteiger partial charge on any atom is -0.493 e. The van der Waals surface area contributed by atoms with Gasteiger partial charge in [0.25, 0.3) is 0 Å². The predicted octanol–water partition coefficient (Wildman–Crippen LogP) is 4.02. The molecular weight excluding hydrogens is 262 g/mol. The maximum absolute atomic E-state index is 8.95. The molecule has 0 aromatic heterocycles. The Morgan fingerprint density at radius 2 is 2.00 bits per heavy atom. The first-order valence-corrected chi connectivity index (χ1v) is 7.14. The molecule has 2 aromatic carbocycles. The zero-order valence-corrected chi connectivity index (χ0v) is 12.0. The number of hydrogen-bond donors (Lipinski definition) is 0. The Morgan fingerprint density at radius 1 is 1.14 bits per heavy atom. The molecule has 1 unspecified atom stereocenters. The Labute approximate surface area is 124 Å². The normalized spacial score (nSPS) is 16.7. The summed E-state index contributed by atoms with van der Waals surface area (Å²) in [6.45, 7) is 0. The number of aryl methyl sites for hydroxylation is 1. The van der Waals surface area contributed by atoms with Gasteiger partial charge in [0.15, 0.2) is 11.5 Å². The number of fused-ring (bicyclic) bond motifs is 1. The standard InChI is InChI=1S/C18H17NO2/c1-20-18-11-13(12-19)9-10-17(18)21-16-8-4-6-14-5-2-3-7-15(14)16/h2-3,5,7,9-11,16H,4,6,8H2,1H3. The summed E-state index contributed by atoms with van der Waals surface area (Å²) in [6, 6.07) is 15.8. The maximum atomic E-state index is 8.95. The summed E-state index contributed by atoms with van der Waals surface area (Å²) in [4.78, 5) is 0. The molecule has 3 nitrogen and oxygen atoms in total. The lowest BCUT2D eigenvalue weighted by Crippen LogP contribution is -2.15. The third-order valence-corrected chi connectivity index (χ3v) is 3.88. The average Bonchev–Trinajstić information content (AvgIpc) is 2.55. The van der Waals surface area contributed by atoms with Crippen LogP contribution in [0.25, 0.3) is 0 Å². The number of hydrogen-bond acceptors (Lipinski definition) is 3. The van der Waals surface area contributed by atoms with Crippen molar-refractivity contribution in [3.8, 4) is 17.6 Å². The maximum Gasteiger partial charge on any atom is 0.162 e. The fraction of sp³-hybridized carbons (Fsp3) is 0.278. The van der Waals surface area contributed by atoms with Crippen molar-refractivity contribution in [2.75, 3.05) is 7.11 Å². The number of ether oxygens (including phenoxy) is 2. The molecule has 0 bridgehead atoms. The van der Waals surface area contributed by atoms with Crippen LogP contribution in [0.1, 0.15) is 35.6 Å². The smallest absolute Gasteiger partial charge is 0.162 e. The van der Waals surface area contributed by atoms with Crippen molar-refractivity contribution < 1.29 is 9.47 Å². The molecule has 0 saturated carbocycles. The molecule has 106 valence electrons. The highest BCUT2D eigenvalue weighted by Gasteiger charge is 2.22. The molecule has 1 aliphatic carbocycles. The van der Waals surface area contributed by atoms with Crippen molar-refractivity contribution in [2.45, 2.75) is 25.4 Å². The van der Waals surface area contributed by atoms with Crippen LogP contribution in [0.5, 0.6) is 11.5 Å². The topological polar surface area (TPSA) is 42.2 Å². The summed E-state index contributed by atoms with van der Waals surface area (Å²) < 4.78 is 11.5. The Balaban J connectivity index is 1.90. The van der Waals surface area contributed by atoms with Gasteiger partial charge in [-0.2, -0.15) is 5.26 Å². The fourth-order valence-corrected chi connectivity index (χ4v) is 2.82. The molecular formula is C18H17NO2. The first-order valence-electron chi connectivity index (χ1n) is 7.14. The van der Waals surface area contributed by atoms with Crippen LogP contribution in [0.3, 0.4) is 0 Å². The van der Waals surface area contributed by atoms with E-state index in [1.165, 1.54) is 11.1 Å². The van der Waals surface area contributed by atoms with Crippen LogP contribution in [-0.4, -0.2) is 7.11 Å². The van der Waals surface area contributed by atoms with Crippen LogP contribution in [0.15, 0.2) is 42.5 Å². The molecule has 3 rings (SSSR count). The van der Waals surface area contributed by atoms with E-state index in [9.17, 15) is 0 Å². The number of methoxy groups -OCH3 is 1. The Morgan fingerprint density at radius 3 is 2.81 bits per heavy atom. The molecule has 0 amide bonds. The van der Waals surface area contributed by atoms with Crippen LogP contribution in [0.4, 0.5) is 0 Å². The van der Waals surface area contributed by atoms with E-state index in [1.807, 2.05) is 6.07 Å². The number of benzene rings is 2. The Hall–Kier alpha value is -2.47. The summed E-state index contributed by atoms with van der Waals surface area (Å²) in [6.07, 6.45) is 3.29. The van der Waals surface area contributed by atoms with E-state index >= 15 is 0 Å². The number of rotatable bonds is 3. The number of nitriles is 1. The summed E-state index contributed by atoms with van der Waals surface area (Å²) >= 11 is 0. The van der Waals surface area contributed by atoms with Crippen LogP contribution in [0.2, 0.25) is 0 Å². The Bertz CT molecular complexity index is 688. The summed E-state index contributed by atoms with van der Waals surface area (Å²) in [5, 5.41) is 8.95. The molecule has 2 aromatic rings. The summed E-state index contributed by atoms with van der Waals surface area (Å²) in [7, 11) is 1.60. The highest BCUT2D eigenvalue weighted by molar-refractivity contribution is 5.47. The minimum atomic E-state index is 0.0526. The van der Waals surface area contributed by atoms with E-state index < -0.39 is 0 Å². The monoisotopic (exact) mass is 279 g/mol. The second-order valence-electron chi connectivity index (χ2n) is 5.17. The van der Waals surface area contributed by atoms with E-state index in [-0.39, 0.29) is 6.10 Å². The third kappa shape index (κ3) is 2.71. The van der Waals surface area contributed by atoms with Crippen LogP contribution in [-0.2, 0) is 6.42 Å². The van der Waals surface area contributed by atoms with Crippen molar-refractivity contribution in [2.24, 2.45) is 0 Å². The van der Waals surface area contributed by atoms with E-state index in [0.717, 1.165) is 19.3 Å². The highest BCUT2D eigenvalue weighted by atomic mass is 16.5. The van der Waals surface area contributed by atoms with E-state index in [4.69, 9.17) is 14.7 Å². The first-order chi connectivity index (χ1) is 10.3. The van der Waals surface area contributed by atoms with Crippen molar-refractivity contribution in [1.82, 2.24) is 0 Å². The van der Waals surface area contributed by atoms with Gasteiger partial charge in [-0.3, -0.25) is 0 Å². The van der Waals surface area contributed by atoms with Gasteiger partial charge < -0.3 is 9.47 Å². The zero-order valence-electron chi connectivity index (χ0n) is 12.0. The largest absolute Gasteiger partial charge is 0.493 e. The molecule has 0 spiro atoms. The average molecular weight is 279 g/mol. The lowest BCUT2D eigenvalue weighted by molar-refractivity contribution is 0.176. The quantitative estimate of drug-likeness (QED) is 0.852. The molecule has 0 aliphatic heterocycles. The molecule has 0 radical (unpaired) electrons. The van der Waals surface area contributed by atoms with Crippen molar-refractivity contribution >= 4 is 0 Å². The summed E-state index contributed by atoms with van der Waals surface area (Å²) in [5.41, 5.74) is 3.19. The van der Waals surface area contributed by atoms with Gasteiger partial charge in [-0.25, -0.2) is 0 Å². The van der Waals surface area contributed by atoms with Crippen LogP contribution < -0.4 is 9.47 Å². The lowest BCUT2D eigenvalue weighted by atomic mass is 9.89. The third-order valence-electron chi connectivity index (χ3n) is 3.88. The van der Waals surface area contributed by atoms with Gasteiger partial charge in [0.05, 0.1) is 18.7 Å². The molecule has 0 N–H and O–H groups in total. The SMILES string of the molecule is COc1cc(C#N)ccc1OC1CCCc2ccccc21. The first kappa shape index (κ1) is 13.5. The molecule has 3 heteroatoms. The Kier molecular flexibility index (Phi) is 3.79. The van der Waals surface area contributed by atoms with Crippen LogP contribution in [0, 0.1) is 11.3 Å². The summed E-state index contributed by atoms with van der Waals surface area (Å²) in [5.74, 6) is 1.30. The second-order valence-corrected chi connectivity index (χ2v) is 5.17. The van der Waals surface area contributed by atoms with Gasteiger partial charge >= 0.3 is 0 Å². The van der Waals surface area contributed by atoms with Gasteiger partial charge in [-0.1, -0.05) is 24.3 Å². The molecule has 1 aliphatic rings. The predicted molar refractivity (Wildman–Crippen MR) is 80.5 cm³/mol. The highest BCUT2D eigenvalue weighted by Crippen LogP contribution is 2.37. The minimum absolute atomic E-state index is 0.0526. The molecule has 1 atom stereocenters. The second kappa shape index (κ2) is 5.88. The van der Waals surface area contributed by atoms with Gasteiger partial charge in [0.2, 0.25) is 0 Å². The van der Waals surface area contributed by atoms with Crippen molar-refractivity contribution in [3.05, 3.63) is 59.2 Å². The number of nitrogens with zero attached hydrogens (tertiary/aromatic N) is 1. The van der Waals surface area contributed by atoms with Gasteiger partial charge in [0, 0.05) is 6.07 Å². The van der Waals surface area contributed by atoms with E-state index in [0.29, 0.717) is 17.1 Å². The molecule has 0 heterocycles. The van der Waals surface area contributed by atoms with Gasteiger partial charge in [0.1, 0.15) is 6.10 Å². The van der Waals surface area contributed by atoms with E-state index in [1.54, 1.807) is 19.2 Å². The molecule has 0 fully saturated rings. The van der Waals surface area contributed by atoms with Gasteiger partial charge in [-0.05, 0) is 42.5 Å². The van der Waals surface area contributed by atoms with E-state index in [2.05, 4.69) is 30.3 Å². The fourth-order valence-electron chi connectivity index (χ4n) is 2.82. The van der Waals surface area contributed by atoms with Gasteiger partial charge in [-0.15, -0.1) is 0 Å². The van der Waals surface area contributed by atoms with Crippen molar-refractivity contribution in [1.29, 1.82) is 5.26 Å². The zero-order chi connectivity index (χ0) is 14.7. The van der Waals surface area contributed by atoms with Crippen LogP contribution >= 0.6 is 0 Å².